The van der Waals surface area contributed by atoms with E-state index in [0.717, 1.165) is 39.1 Å². The van der Waals surface area contributed by atoms with Gasteiger partial charge in [0.15, 0.2) is 11.4 Å². The molecule has 1 aliphatic heterocycles. The van der Waals surface area contributed by atoms with E-state index in [1.165, 1.54) is 0 Å². The molecule has 10 heteroatoms. The molecule has 6 aromatic rings. The van der Waals surface area contributed by atoms with Crippen LogP contribution >= 0.6 is 11.8 Å². The highest BCUT2D eigenvalue weighted by Crippen LogP contribution is 2.39. The molecule has 0 aliphatic carbocycles. The van der Waals surface area contributed by atoms with Crippen LogP contribution in [-0.2, 0) is 22.6 Å². The number of hydrogen-bond acceptors (Lipinski definition) is 8. The van der Waals surface area contributed by atoms with E-state index in [2.05, 4.69) is 44.9 Å². The van der Waals surface area contributed by atoms with Gasteiger partial charge >= 0.3 is 6.03 Å². The van der Waals surface area contributed by atoms with Gasteiger partial charge in [0.25, 0.3) is 0 Å². The van der Waals surface area contributed by atoms with E-state index in [0.29, 0.717) is 35.3 Å². The molecule has 2 amide bonds. The zero-order chi connectivity index (χ0) is 35.5. The molecule has 0 unspecified atom stereocenters. The van der Waals surface area contributed by atoms with Gasteiger partial charge in [-0.25, -0.2) is 14.8 Å². The number of para-hydroxylation sites is 1. The third kappa shape index (κ3) is 9.42. The Labute approximate surface area is 307 Å². The monoisotopic (exact) mass is 710 g/mol. The van der Waals surface area contributed by atoms with Crippen LogP contribution < -0.4 is 15.4 Å². The first-order chi connectivity index (χ1) is 25.6. The summed E-state index contributed by atoms with van der Waals surface area (Å²) in [5, 5.41) is 16.1. The van der Waals surface area contributed by atoms with Crippen molar-refractivity contribution >= 4 is 23.5 Å². The molecule has 0 bridgehead atoms. The number of nitrogens with zero attached hydrogens (tertiary/aromatic N) is 2. The van der Waals surface area contributed by atoms with Crippen LogP contribution in [0.25, 0.3) is 11.1 Å². The van der Waals surface area contributed by atoms with Gasteiger partial charge < -0.3 is 30.0 Å². The second kappa shape index (κ2) is 17.1. The Hall–Kier alpha value is -5.52. The van der Waals surface area contributed by atoms with Crippen molar-refractivity contribution in [3.05, 3.63) is 168 Å². The summed E-state index contributed by atoms with van der Waals surface area (Å²) in [7, 11) is 0. The largest absolute Gasteiger partial charge is 0.457 e. The second-order valence-electron chi connectivity index (χ2n) is 12.3. The smallest absolute Gasteiger partial charge is 0.319 e. The van der Waals surface area contributed by atoms with Crippen molar-refractivity contribution in [3.63, 3.8) is 0 Å². The molecule has 0 saturated carbocycles. The normalized spacial score (nSPS) is 16.9. The number of ether oxygens (including phenoxy) is 3. The Balaban J connectivity index is 0.968. The number of rotatable bonds is 12. The fourth-order valence-corrected chi connectivity index (χ4v) is 6.65. The number of nitrogens with one attached hydrogen (secondary N) is 2. The average Bonchev–Trinajstić information content (AvgIpc) is 3.21. The number of amides is 2. The Bertz CT molecular complexity index is 2030. The first-order valence-electron chi connectivity index (χ1n) is 17.1. The van der Waals surface area contributed by atoms with E-state index in [1.54, 1.807) is 42.4 Å². The maximum absolute atomic E-state index is 12.7. The summed E-state index contributed by atoms with van der Waals surface area (Å²) in [6.07, 6.45) is 3.33. The molecule has 1 aliphatic rings. The predicted molar refractivity (Wildman–Crippen MR) is 202 cm³/mol. The number of aliphatic hydroxyl groups excluding tert-OH is 1. The zero-order valence-electron chi connectivity index (χ0n) is 28.3. The fourth-order valence-electron chi connectivity index (χ4n) is 5.83. The van der Waals surface area contributed by atoms with E-state index >= 15 is 0 Å². The number of anilines is 1. The van der Waals surface area contributed by atoms with Crippen LogP contribution in [-0.4, -0.2) is 33.0 Å². The summed E-state index contributed by atoms with van der Waals surface area (Å²) in [5.74, 6) is 2.12. The summed E-state index contributed by atoms with van der Waals surface area (Å²) >= 11 is 1.56. The first-order valence-corrected chi connectivity index (χ1v) is 18.0. The number of aliphatic hydroxyl groups is 1. The fraction of sp³-hybridized carbons (Fsp3) is 0.167. The zero-order valence-corrected chi connectivity index (χ0v) is 29.1. The van der Waals surface area contributed by atoms with E-state index in [9.17, 15) is 9.90 Å². The van der Waals surface area contributed by atoms with Crippen LogP contribution in [0.1, 0.15) is 41.1 Å². The Morgan fingerprint density at radius 3 is 2.23 bits per heavy atom. The summed E-state index contributed by atoms with van der Waals surface area (Å²) in [6, 6.07) is 42.5. The van der Waals surface area contributed by atoms with Crippen LogP contribution in [0.5, 0.6) is 11.5 Å². The quantitative estimate of drug-likeness (QED) is 0.0852. The number of thioether (sulfide) groups is 1. The van der Waals surface area contributed by atoms with Gasteiger partial charge in [0, 0.05) is 42.4 Å². The summed E-state index contributed by atoms with van der Waals surface area (Å²) in [5.41, 5.74) is 6.52. The molecule has 1 fully saturated rings. The Morgan fingerprint density at radius 2 is 1.48 bits per heavy atom. The van der Waals surface area contributed by atoms with Gasteiger partial charge in [-0.1, -0.05) is 96.7 Å². The van der Waals surface area contributed by atoms with E-state index in [-0.39, 0.29) is 24.8 Å². The molecular formula is C42H38N4O5S. The highest BCUT2D eigenvalue weighted by Gasteiger charge is 2.32. The lowest BCUT2D eigenvalue weighted by Gasteiger charge is -2.36. The van der Waals surface area contributed by atoms with Crippen molar-refractivity contribution in [3.8, 4) is 22.6 Å². The van der Waals surface area contributed by atoms with Gasteiger partial charge in [-0.15, -0.1) is 0 Å². The van der Waals surface area contributed by atoms with Crippen LogP contribution in [0.15, 0.2) is 151 Å². The third-order valence-electron chi connectivity index (χ3n) is 8.54. The Morgan fingerprint density at radius 1 is 0.750 bits per heavy atom. The van der Waals surface area contributed by atoms with Crippen molar-refractivity contribution in [1.29, 1.82) is 0 Å². The molecule has 3 N–H and O–H groups in total. The number of hydrogen-bond donors (Lipinski definition) is 3. The van der Waals surface area contributed by atoms with Crippen molar-refractivity contribution in [1.82, 2.24) is 15.3 Å². The second-order valence-corrected chi connectivity index (χ2v) is 13.2. The van der Waals surface area contributed by atoms with E-state index < -0.39 is 6.29 Å². The Kier molecular flexibility index (Phi) is 11.5. The van der Waals surface area contributed by atoms with E-state index in [1.807, 2.05) is 91.0 Å². The standard InChI is InChI=1S/C42H38N4O5S/c47-27-29-10-12-32(13-11-29)39-25-38(28-52-42-43-22-5-23-44-42)50-40(51-39)33-16-14-31(15-17-33)34-7-4-6-30(24-34)26-45-41(48)46-35-18-20-37(21-19-35)49-36-8-2-1-3-9-36/h1-24,38-40,47H,25-28H2,(H2,45,46,48)/t38-,39+,40+/m1/s1. The predicted octanol–water partition coefficient (Wildman–Crippen LogP) is 9.09. The SMILES string of the molecule is O=C(NCc1cccc(-c2ccc([C@H]3O[C@@H](CSc4ncccn4)C[C@@H](c4ccc(CO)cc4)O3)cc2)c1)Nc1ccc(Oc2ccccc2)cc1. The van der Waals surface area contributed by atoms with Gasteiger partial charge in [0.1, 0.15) is 11.5 Å². The van der Waals surface area contributed by atoms with E-state index in [4.69, 9.17) is 14.2 Å². The van der Waals surface area contributed by atoms with Gasteiger partial charge in [0.2, 0.25) is 0 Å². The lowest BCUT2D eigenvalue weighted by atomic mass is 9.99. The molecule has 3 atom stereocenters. The molecule has 0 spiro atoms. The minimum atomic E-state index is -0.561. The van der Waals surface area contributed by atoms with Crippen molar-refractivity contribution in [2.45, 2.75) is 43.2 Å². The van der Waals surface area contributed by atoms with Crippen LogP contribution in [0.2, 0.25) is 0 Å². The molecule has 1 saturated heterocycles. The third-order valence-corrected chi connectivity index (χ3v) is 9.55. The van der Waals surface area contributed by atoms with Crippen molar-refractivity contribution in [2.75, 3.05) is 11.1 Å². The number of carbonyl (C=O) groups is 1. The number of benzene rings is 5. The summed E-state index contributed by atoms with van der Waals surface area (Å²) in [4.78, 5) is 21.4. The molecule has 2 heterocycles. The van der Waals surface area contributed by atoms with Crippen LogP contribution in [0.3, 0.4) is 0 Å². The van der Waals surface area contributed by atoms with Crippen LogP contribution in [0.4, 0.5) is 10.5 Å². The molecule has 5 aromatic carbocycles. The highest BCUT2D eigenvalue weighted by molar-refractivity contribution is 7.99. The summed E-state index contributed by atoms with van der Waals surface area (Å²) < 4.78 is 18.9. The minimum absolute atomic E-state index is 0.00338. The highest BCUT2D eigenvalue weighted by atomic mass is 32.2. The molecular weight excluding hydrogens is 673 g/mol. The molecule has 7 rings (SSSR count). The molecule has 1 aromatic heterocycles. The number of aromatic nitrogens is 2. The molecule has 52 heavy (non-hydrogen) atoms. The maximum atomic E-state index is 12.7. The molecule has 0 radical (unpaired) electrons. The maximum Gasteiger partial charge on any atom is 0.319 e. The number of urea groups is 1. The lowest BCUT2D eigenvalue weighted by Crippen LogP contribution is -2.31. The first kappa shape index (κ1) is 34.9. The van der Waals surface area contributed by atoms with Crippen LogP contribution in [0, 0.1) is 0 Å². The van der Waals surface area contributed by atoms with Gasteiger partial charge in [-0.2, -0.15) is 0 Å². The van der Waals surface area contributed by atoms with Gasteiger partial charge in [-0.3, -0.25) is 0 Å². The van der Waals surface area contributed by atoms with Gasteiger partial charge in [0.05, 0.1) is 18.8 Å². The molecule has 262 valence electrons. The average molecular weight is 711 g/mol. The van der Waals surface area contributed by atoms with Gasteiger partial charge in [-0.05, 0) is 76.3 Å². The number of carbonyl (C=O) groups excluding carboxylic acids is 1. The lowest BCUT2D eigenvalue weighted by molar-refractivity contribution is -0.245. The topological polar surface area (TPSA) is 115 Å². The van der Waals surface area contributed by atoms with Crippen molar-refractivity contribution < 1.29 is 24.1 Å². The summed E-state index contributed by atoms with van der Waals surface area (Å²) in [6.45, 7) is 0.362. The molecule has 9 nitrogen and oxygen atoms in total. The van der Waals surface area contributed by atoms with Crippen molar-refractivity contribution in [2.24, 2.45) is 0 Å². The minimum Gasteiger partial charge on any atom is -0.457 e.